The smallest absolute Gasteiger partial charge is 0.163 e. The van der Waals surface area contributed by atoms with Crippen LogP contribution >= 0.6 is 0 Å². The van der Waals surface area contributed by atoms with Crippen LogP contribution in [0.3, 0.4) is 0 Å². The van der Waals surface area contributed by atoms with Gasteiger partial charge in [-0.05, 0) is 12.1 Å². The molecule has 5 nitrogen and oxygen atoms in total. The minimum Gasteiger partial charge on any atom is -0.486 e. The van der Waals surface area contributed by atoms with Crippen LogP contribution in [0, 0.1) is 0 Å². The molecule has 0 saturated heterocycles. The zero-order chi connectivity index (χ0) is 13.2. The summed E-state index contributed by atoms with van der Waals surface area (Å²) in [6, 6.07) is 5.88. The van der Waals surface area contributed by atoms with Crippen molar-refractivity contribution in [3.8, 4) is 11.5 Å². The van der Waals surface area contributed by atoms with Crippen molar-refractivity contribution in [3.63, 3.8) is 0 Å². The topological polar surface area (TPSA) is 52.6 Å². The van der Waals surface area contributed by atoms with Crippen LogP contribution in [0.1, 0.15) is 5.69 Å². The number of nitrogens with one attached hydrogen (secondary N) is 1. The van der Waals surface area contributed by atoms with Crippen LogP contribution in [0.4, 0.5) is 5.69 Å². The molecular weight excluding hydrogens is 244 g/mol. The largest absolute Gasteiger partial charge is 0.486 e. The van der Waals surface area contributed by atoms with Crippen molar-refractivity contribution in [2.75, 3.05) is 32.7 Å². The Morgan fingerprint density at radius 3 is 2.63 bits per heavy atom. The van der Waals surface area contributed by atoms with Gasteiger partial charge in [0.15, 0.2) is 11.5 Å². The van der Waals surface area contributed by atoms with Crippen LogP contribution in [0.5, 0.6) is 11.5 Å². The normalized spacial score (nSPS) is 13.6. The fraction of sp³-hybridized carbons (Fsp3) is 0.357. The second kappa shape index (κ2) is 4.93. The first-order valence-corrected chi connectivity index (χ1v) is 6.22. The van der Waals surface area contributed by atoms with E-state index in [1.54, 1.807) is 7.11 Å². The molecule has 1 aliphatic heterocycles. The third-order valence-corrected chi connectivity index (χ3v) is 3.09. The van der Waals surface area contributed by atoms with Crippen LogP contribution in [-0.2, 0) is 11.3 Å². The summed E-state index contributed by atoms with van der Waals surface area (Å²) in [5.74, 6) is 1.53. The lowest BCUT2D eigenvalue weighted by Crippen LogP contribution is -2.15. The highest BCUT2D eigenvalue weighted by molar-refractivity contribution is 5.93. The molecule has 0 saturated carbocycles. The molecule has 0 radical (unpaired) electrons. The fourth-order valence-electron chi connectivity index (χ4n) is 2.25. The molecule has 1 aromatic heterocycles. The molecule has 5 heteroatoms. The maximum Gasteiger partial charge on any atom is 0.163 e. The van der Waals surface area contributed by atoms with E-state index >= 15 is 0 Å². The third-order valence-electron chi connectivity index (χ3n) is 3.09. The number of ether oxygens (including phenoxy) is 3. The van der Waals surface area contributed by atoms with Gasteiger partial charge in [-0.2, -0.15) is 0 Å². The molecule has 19 heavy (non-hydrogen) atoms. The summed E-state index contributed by atoms with van der Waals surface area (Å²) in [6.45, 7) is 1.65. The van der Waals surface area contributed by atoms with Crippen LogP contribution in [0.25, 0.3) is 10.9 Å². The van der Waals surface area contributed by atoms with Crippen molar-refractivity contribution in [1.29, 1.82) is 0 Å². The summed E-state index contributed by atoms with van der Waals surface area (Å²) in [7, 11) is 3.55. The summed E-state index contributed by atoms with van der Waals surface area (Å²) in [6.07, 6.45) is 0. The highest BCUT2D eigenvalue weighted by Gasteiger charge is 2.15. The van der Waals surface area contributed by atoms with E-state index in [-0.39, 0.29) is 0 Å². The van der Waals surface area contributed by atoms with E-state index in [0.29, 0.717) is 19.8 Å². The predicted molar refractivity (Wildman–Crippen MR) is 73.0 cm³/mol. The fourth-order valence-corrected chi connectivity index (χ4v) is 2.25. The summed E-state index contributed by atoms with van der Waals surface area (Å²) in [4.78, 5) is 4.58. The number of rotatable bonds is 3. The SMILES string of the molecule is CNc1cc(COC)nc2cc3c(cc12)OCCO3. The van der Waals surface area contributed by atoms with Gasteiger partial charge in [0.05, 0.1) is 17.8 Å². The van der Waals surface area contributed by atoms with E-state index < -0.39 is 0 Å². The van der Waals surface area contributed by atoms with Gasteiger partial charge in [-0.1, -0.05) is 0 Å². The lowest BCUT2D eigenvalue weighted by molar-refractivity contribution is 0.172. The minimum absolute atomic E-state index is 0.485. The number of fused-ring (bicyclic) bond motifs is 2. The van der Waals surface area contributed by atoms with Crippen molar-refractivity contribution in [2.24, 2.45) is 0 Å². The third kappa shape index (κ3) is 2.17. The number of nitrogens with zero attached hydrogens (tertiary/aromatic N) is 1. The average Bonchev–Trinajstić information content (AvgIpc) is 2.44. The number of hydrogen-bond donors (Lipinski definition) is 1. The van der Waals surface area contributed by atoms with Gasteiger partial charge in [-0.3, -0.25) is 4.98 Å². The zero-order valence-electron chi connectivity index (χ0n) is 11.0. The molecule has 1 aliphatic rings. The van der Waals surface area contributed by atoms with Gasteiger partial charge in [0.1, 0.15) is 13.2 Å². The van der Waals surface area contributed by atoms with Gasteiger partial charge in [0.2, 0.25) is 0 Å². The molecule has 0 spiro atoms. The number of anilines is 1. The molecule has 2 aromatic rings. The van der Waals surface area contributed by atoms with Gasteiger partial charge in [-0.15, -0.1) is 0 Å². The Balaban J connectivity index is 2.19. The quantitative estimate of drug-likeness (QED) is 0.916. The Morgan fingerprint density at radius 1 is 1.21 bits per heavy atom. The van der Waals surface area contributed by atoms with Crippen molar-refractivity contribution in [2.45, 2.75) is 6.61 Å². The summed E-state index contributed by atoms with van der Waals surface area (Å²) in [5, 5.41) is 4.20. The van der Waals surface area contributed by atoms with Gasteiger partial charge in [-0.25, -0.2) is 0 Å². The first-order valence-electron chi connectivity index (χ1n) is 6.22. The standard InChI is InChI=1S/C14H16N2O3/c1-15-11-5-9(8-17-2)16-12-7-14-13(6-10(11)12)18-3-4-19-14/h5-7H,3-4,8H2,1-2H3,(H,15,16). The van der Waals surface area contributed by atoms with Gasteiger partial charge in [0.25, 0.3) is 0 Å². The number of pyridine rings is 1. The van der Waals surface area contributed by atoms with Crippen LogP contribution in [0.15, 0.2) is 18.2 Å². The molecule has 2 heterocycles. The average molecular weight is 260 g/mol. The van der Waals surface area contributed by atoms with Crippen LogP contribution < -0.4 is 14.8 Å². The first kappa shape index (κ1) is 12.0. The van der Waals surface area contributed by atoms with Crippen molar-refractivity contribution < 1.29 is 14.2 Å². The number of hydrogen-bond acceptors (Lipinski definition) is 5. The Hall–Kier alpha value is -2.01. The van der Waals surface area contributed by atoms with Gasteiger partial charge in [0, 0.05) is 31.3 Å². The van der Waals surface area contributed by atoms with E-state index in [9.17, 15) is 0 Å². The second-order valence-electron chi connectivity index (χ2n) is 4.36. The molecule has 0 fully saturated rings. The number of methoxy groups -OCH3 is 1. The monoisotopic (exact) mass is 260 g/mol. The number of aromatic nitrogens is 1. The van der Waals surface area contributed by atoms with E-state index in [4.69, 9.17) is 14.2 Å². The molecule has 0 aliphatic carbocycles. The van der Waals surface area contributed by atoms with E-state index in [1.165, 1.54) is 0 Å². The zero-order valence-corrected chi connectivity index (χ0v) is 11.0. The Kier molecular flexibility index (Phi) is 3.13. The maximum absolute atomic E-state index is 5.60. The summed E-state index contributed by atoms with van der Waals surface area (Å²) >= 11 is 0. The van der Waals surface area contributed by atoms with Crippen molar-refractivity contribution in [1.82, 2.24) is 4.98 Å². The van der Waals surface area contributed by atoms with E-state index in [0.717, 1.165) is 33.8 Å². The molecule has 3 rings (SSSR count). The molecule has 0 amide bonds. The molecular formula is C14H16N2O3. The lowest BCUT2D eigenvalue weighted by Gasteiger charge is -2.19. The lowest BCUT2D eigenvalue weighted by atomic mass is 10.1. The van der Waals surface area contributed by atoms with Crippen molar-refractivity contribution in [3.05, 3.63) is 23.9 Å². The van der Waals surface area contributed by atoms with Gasteiger partial charge >= 0.3 is 0 Å². The Bertz CT molecular complexity index is 613. The molecule has 0 atom stereocenters. The summed E-state index contributed by atoms with van der Waals surface area (Å²) in [5.41, 5.74) is 2.77. The van der Waals surface area contributed by atoms with Crippen molar-refractivity contribution >= 4 is 16.6 Å². The van der Waals surface area contributed by atoms with E-state index in [1.807, 2.05) is 25.2 Å². The van der Waals surface area contributed by atoms with Crippen LogP contribution in [0.2, 0.25) is 0 Å². The molecule has 100 valence electrons. The molecule has 0 unspecified atom stereocenters. The highest BCUT2D eigenvalue weighted by Crippen LogP contribution is 2.36. The molecule has 1 aromatic carbocycles. The highest BCUT2D eigenvalue weighted by atomic mass is 16.6. The minimum atomic E-state index is 0.485. The Morgan fingerprint density at radius 2 is 1.95 bits per heavy atom. The number of benzene rings is 1. The maximum atomic E-state index is 5.60. The first-order chi connectivity index (χ1) is 9.31. The molecule has 0 bridgehead atoms. The summed E-state index contributed by atoms with van der Waals surface area (Å²) < 4.78 is 16.3. The molecule has 1 N–H and O–H groups in total. The van der Waals surface area contributed by atoms with E-state index in [2.05, 4.69) is 10.3 Å². The van der Waals surface area contributed by atoms with Gasteiger partial charge < -0.3 is 19.5 Å². The second-order valence-corrected chi connectivity index (χ2v) is 4.36. The van der Waals surface area contributed by atoms with Crippen LogP contribution in [-0.4, -0.2) is 32.4 Å². The Labute approximate surface area is 111 Å². The predicted octanol–water partition coefficient (Wildman–Crippen LogP) is 2.19.